The van der Waals surface area contributed by atoms with Gasteiger partial charge in [0.2, 0.25) is 0 Å². The number of ether oxygens (including phenoxy) is 2. The second-order valence-electron chi connectivity index (χ2n) is 7.82. The van der Waals surface area contributed by atoms with E-state index in [0.717, 1.165) is 45.3 Å². The van der Waals surface area contributed by atoms with Crippen LogP contribution in [-0.2, 0) is 25.9 Å². The van der Waals surface area contributed by atoms with Gasteiger partial charge in [-0.2, -0.15) is 0 Å². The van der Waals surface area contributed by atoms with Gasteiger partial charge in [0.25, 0.3) is 0 Å². The number of morpholine rings is 1. The zero-order valence-electron chi connectivity index (χ0n) is 18.0. The van der Waals surface area contributed by atoms with Crippen LogP contribution in [0.5, 0.6) is 0 Å². The molecule has 0 spiro atoms. The first kappa shape index (κ1) is 23.0. The number of sulfone groups is 1. The third-order valence-corrected chi connectivity index (χ3v) is 6.28. The topological polar surface area (TPSA) is 83.5 Å². The highest BCUT2D eigenvalue weighted by atomic mass is 32.2. The number of guanidine groups is 1. The molecule has 2 aliphatic rings. The molecule has 2 unspecified atom stereocenters. The van der Waals surface area contributed by atoms with E-state index < -0.39 is 9.84 Å². The summed E-state index contributed by atoms with van der Waals surface area (Å²) < 4.78 is 33.8. The van der Waals surface area contributed by atoms with Gasteiger partial charge in [-0.15, -0.1) is 0 Å². The molecule has 2 fully saturated rings. The molecule has 0 radical (unpaired) electrons. The summed E-state index contributed by atoms with van der Waals surface area (Å²) in [7, 11) is -2.99. The van der Waals surface area contributed by atoms with E-state index in [9.17, 15) is 8.42 Å². The maximum atomic E-state index is 11.2. The number of hydrogen-bond donors (Lipinski definition) is 1. The molecular weight excluding hydrogens is 404 g/mol. The smallest absolute Gasteiger partial charge is 0.194 e. The first-order valence-electron chi connectivity index (χ1n) is 10.6. The predicted octanol–water partition coefficient (Wildman–Crippen LogP) is 0.598. The molecule has 1 aromatic rings. The fourth-order valence-electron chi connectivity index (χ4n) is 3.90. The van der Waals surface area contributed by atoms with Gasteiger partial charge in [-0.1, -0.05) is 30.3 Å². The Balaban J connectivity index is 1.54. The van der Waals surface area contributed by atoms with E-state index >= 15 is 0 Å². The Morgan fingerprint density at radius 2 is 2.07 bits per heavy atom. The number of benzene rings is 1. The molecule has 1 N–H and O–H groups in total. The number of rotatable bonds is 9. The Morgan fingerprint density at radius 1 is 1.27 bits per heavy atom. The molecule has 168 valence electrons. The molecule has 0 bridgehead atoms. The van der Waals surface area contributed by atoms with Crippen molar-refractivity contribution in [3.05, 3.63) is 35.9 Å². The van der Waals surface area contributed by atoms with Gasteiger partial charge >= 0.3 is 0 Å². The van der Waals surface area contributed by atoms with Crippen LogP contribution in [0.25, 0.3) is 0 Å². The van der Waals surface area contributed by atoms with Crippen LogP contribution in [0.2, 0.25) is 0 Å². The van der Waals surface area contributed by atoms with E-state index in [0.29, 0.717) is 19.2 Å². The van der Waals surface area contributed by atoms with E-state index in [1.165, 1.54) is 11.8 Å². The molecule has 9 heteroatoms. The molecule has 1 aromatic carbocycles. The van der Waals surface area contributed by atoms with Crippen molar-refractivity contribution >= 4 is 15.8 Å². The minimum Gasteiger partial charge on any atom is -0.378 e. The monoisotopic (exact) mass is 438 g/mol. The molecule has 30 heavy (non-hydrogen) atoms. The van der Waals surface area contributed by atoms with Crippen LogP contribution in [-0.4, -0.2) is 101 Å². The van der Waals surface area contributed by atoms with Gasteiger partial charge in [-0.3, -0.25) is 9.89 Å². The van der Waals surface area contributed by atoms with Crippen molar-refractivity contribution in [2.45, 2.75) is 25.6 Å². The standard InChI is InChI=1S/C21H34N4O4S/c1-3-22-21(23-9-11-28-13-14-30(2,26)27)25-16-19-20(17-25)29-12-10-24(19)15-18-7-5-4-6-8-18/h4-8,19-20H,3,9-17H2,1-2H3,(H,22,23). The first-order valence-corrected chi connectivity index (χ1v) is 12.7. The van der Waals surface area contributed by atoms with Gasteiger partial charge in [-0.05, 0) is 12.5 Å². The van der Waals surface area contributed by atoms with Crippen LogP contribution in [0.1, 0.15) is 12.5 Å². The van der Waals surface area contributed by atoms with E-state index in [1.807, 2.05) is 6.07 Å². The highest BCUT2D eigenvalue weighted by Gasteiger charge is 2.41. The summed E-state index contributed by atoms with van der Waals surface area (Å²) in [6.07, 6.45) is 1.39. The van der Waals surface area contributed by atoms with Crippen molar-refractivity contribution < 1.29 is 17.9 Å². The maximum Gasteiger partial charge on any atom is 0.194 e. The van der Waals surface area contributed by atoms with Crippen molar-refractivity contribution in [3.8, 4) is 0 Å². The average molecular weight is 439 g/mol. The van der Waals surface area contributed by atoms with Crippen LogP contribution in [0.3, 0.4) is 0 Å². The number of hydrogen-bond acceptors (Lipinski definition) is 6. The molecule has 0 aromatic heterocycles. The third-order valence-electron chi connectivity index (χ3n) is 5.37. The molecule has 0 aliphatic carbocycles. The summed E-state index contributed by atoms with van der Waals surface area (Å²) in [5.74, 6) is 0.905. The third kappa shape index (κ3) is 6.94. The lowest BCUT2D eigenvalue weighted by Crippen LogP contribution is -2.50. The average Bonchev–Trinajstić information content (AvgIpc) is 3.15. The Kier molecular flexibility index (Phi) is 8.50. The van der Waals surface area contributed by atoms with Crippen LogP contribution in [0, 0.1) is 0 Å². The largest absolute Gasteiger partial charge is 0.378 e. The minimum atomic E-state index is -2.99. The fraction of sp³-hybridized carbons (Fsp3) is 0.667. The lowest BCUT2D eigenvalue weighted by atomic mass is 10.1. The SMILES string of the molecule is CCNC(=NCCOCCS(C)(=O)=O)N1CC2OCCN(Cc3ccccc3)C2C1. The van der Waals surface area contributed by atoms with Crippen molar-refractivity contribution in [1.82, 2.24) is 15.1 Å². The van der Waals surface area contributed by atoms with E-state index in [2.05, 4.69) is 51.3 Å². The van der Waals surface area contributed by atoms with Crippen molar-refractivity contribution in [1.29, 1.82) is 0 Å². The Morgan fingerprint density at radius 3 is 2.80 bits per heavy atom. The molecule has 2 saturated heterocycles. The maximum absolute atomic E-state index is 11.2. The first-order chi connectivity index (χ1) is 14.5. The second kappa shape index (κ2) is 11.1. The van der Waals surface area contributed by atoms with Crippen molar-refractivity contribution in [2.75, 3.05) is 64.6 Å². The molecule has 2 heterocycles. The highest BCUT2D eigenvalue weighted by Crippen LogP contribution is 2.24. The Hall–Kier alpha value is -1.68. The quantitative estimate of drug-likeness (QED) is 0.343. The van der Waals surface area contributed by atoms with E-state index in [4.69, 9.17) is 9.47 Å². The van der Waals surface area contributed by atoms with Gasteiger partial charge in [0, 0.05) is 39.0 Å². The molecule has 0 saturated carbocycles. The molecule has 0 amide bonds. The lowest BCUT2D eigenvalue weighted by Gasteiger charge is -2.36. The molecular formula is C21H34N4O4S. The Bertz CT molecular complexity index is 787. The molecule has 2 atom stereocenters. The van der Waals surface area contributed by atoms with Gasteiger partial charge < -0.3 is 19.7 Å². The van der Waals surface area contributed by atoms with Crippen LogP contribution in [0.4, 0.5) is 0 Å². The van der Waals surface area contributed by atoms with Gasteiger partial charge in [0.05, 0.1) is 44.3 Å². The van der Waals surface area contributed by atoms with Crippen LogP contribution < -0.4 is 5.32 Å². The van der Waals surface area contributed by atoms with Gasteiger partial charge in [-0.25, -0.2) is 8.42 Å². The number of nitrogens with one attached hydrogen (secondary N) is 1. The number of aliphatic imine (C=N–C) groups is 1. The van der Waals surface area contributed by atoms with Crippen LogP contribution >= 0.6 is 0 Å². The lowest BCUT2D eigenvalue weighted by molar-refractivity contribution is -0.0502. The summed E-state index contributed by atoms with van der Waals surface area (Å²) in [6, 6.07) is 10.9. The van der Waals surface area contributed by atoms with Crippen molar-refractivity contribution in [3.63, 3.8) is 0 Å². The number of fused-ring (bicyclic) bond motifs is 1. The summed E-state index contributed by atoms with van der Waals surface area (Å²) in [5.41, 5.74) is 1.32. The number of nitrogens with zero attached hydrogens (tertiary/aromatic N) is 3. The zero-order chi connectivity index (χ0) is 21.4. The summed E-state index contributed by atoms with van der Waals surface area (Å²) >= 11 is 0. The molecule has 2 aliphatic heterocycles. The van der Waals surface area contributed by atoms with Gasteiger partial charge in [0.1, 0.15) is 9.84 Å². The zero-order valence-corrected chi connectivity index (χ0v) is 18.8. The molecule has 8 nitrogen and oxygen atoms in total. The Labute approximate surface area is 180 Å². The second-order valence-corrected chi connectivity index (χ2v) is 10.1. The molecule has 3 rings (SSSR count). The summed E-state index contributed by atoms with van der Waals surface area (Å²) in [6.45, 7) is 8.26. The van der Waals surface area contributed by atoms with Gasteiger partial charge in [0.15, 0.2) is 5.96 Å². The van der Waals surface area contributed by atoms with Crippen molar-refractivity contribution in [2.24, 2.45) is 4.99 Å². The summed E-state index contributed by atoms with van der Waals surface area (Å²) in [4.78, 5) is 9.46. The predicted molar refractivity (Wildman–Crippen MR) is 118 cm³/mol. The number of likely N-dealkylation sites (tertiary alicyclic amines) is 1. The highest BCUT2D eigenvalue weighted by molar-refractivity contribution is 7.90. The van der Waals surface area contributed by atoms with Crippen LogP contribution in [0.15, 0.2) is 35.3 Å². The fourth-order valence-corrected chi connectivity index (χ4v) is 4.32. The summed E-state index contributed by atoms with van der Waals surface area (Å²) in [5, 5.41) is 3.36. The van der Waals surface area contributed by atoms with E-state index in [1.54, 1.807) is 0 Å². The minimum absolute atomic E-state index is 0.0425. The normalized spacial score (nSPS) is 22.9. The van der Waals surface area contributed by atoms with E-state index in [-0.39, 0.29) is 18.5 Å².